The van der Waals surface area contributed by atoms with Crippen molar-refractivity contribution in [1.29, 1.82) is 0 Å². The van der Waals surface area contributed by atoms with E-state index in [2.05, 4.69) is 4.90 Å². The number of rotatable bonds is 5. The van der Waals surface area contributed by atoms with Crippen LogP contribution in [0.15, 0.2) is 42.5 Å². The number of carbonyl (C=O) groups excluding carboxylic acids is 1. The number of ketones is 1. The summed E-state index contributed by atoms with van der Waals surface area (Å²) in [5.41, 5.74) is 1.48. The van der Waals surface area contributed by atoms with Gasteiger partial charge in [-0.25, -0.2) is 0 Å². The highest BCUT2D eigenvalue weighted by atomic mass is 35.5. The highest BCUT2D eigenvalue weighted by molar-refractivity contribution is 6.31. The molecule has 4 nitrogen and oxygen atoms in total. The van der Waals surface area contributed by atoms with E-state index in [0.29, 0.717) is 23.7 Å². The Labute approximate surface area is 153 Å². The molecule has 5 heteroatoms. The zero-order valence-corrected chi connectivity index (χ0v) is 15.0. The molecule has 1 saturated heterocycles. The van der Waals surface area contributed by atoms with Crippen LogP contribution in [0.3, 0.4) is 0 Å². The van der Waals surface area contributed by atoms with Gasteiger partial charge in [-0.2, -0.15) is 0 Å². The number of methoxy groups -OCH3 is 1. The second kappa shape index (κ2) is 7.89. The molecule has 0 spiro atoms. The summed E-state index contributed by atoms with van der Waals surface area (Å²) in [6.07, 6.45) is 1.84. The van der Waals surface area contributed by atoms with E-state index < -0.39 is 0 Å². The third-order valence-corrected chi connectivity index (χ3v) is 4.90. The summed E-state index contributed by atoms with van der Waals surface area (Å²) in [5, 5.41) is 10.7. The summed E-state index contributed by atoms with van der Waals surface area (Å²) in [5.74, 6) is 1.07. The Hall–Kier alpha value is -2.04. The van der Waals surface area contributed by atoms with Gasteiger partial charge in [0, 0.05) is 35.2 Å². The number of likely N-dealkylation sites (tertiary alicyclic amines) is 1. The Morgan fingerprint density at radius 2 is 2.16 bits per heavy atom. The first kappa shape index (κ1) is 17.8. The molecule has 25 heavy (non-hydrogen) atoms. The topological polar surface area (TPSA) is 49.8 Å². The summed E-state index contributed by atoms with van der Waals surface area (Å²) >= 11 is 6.01. The van der Waals surface area contributed by atoms with E-state index in [-0.39, 0.29) is 17.5 Å². The number of phenolic OH excluding ortho intramolecular Hbond substituents is 1. The fourth-order valence-electron chi connectivity index (χ4n) is 3.35. The molecule has 1 unspecified atom stereocenters. The Morgan fingerprint density at radius 3 is 2.92 bits per heavy atom. The van der Waals surface area contributed by atoms with Crippen LogP contribution in [0.25, 0.3) is 0 Å². The van der Waals surface area contributed by atoms with Gasteiger partial charge in [-0.3, -0.25) is 9.69 Å². The van der Waals surface area contributed by atoms with Crippen molar-refractivity contribution in [2.75, 3.05) is 20.2 Å². The molecule has 0 aliphatic carbocycles. The standard InChI is InChI=1S/C20H22ClNO3/c1-25-18-7-8-19(23)16(11-18)13-22-9-3-5-15(12-22)20(24)14-4-2-6-17(21)10-14/h2,4,6-8,10-11,15,23H,3,5,9,12-13H2,1H3. The molecule has 0 saturated carbocycles. The summed E-state index contributed by atoms with van der Waals surface area (Å²) < 4.78 is 5.23. The van der Waals surface area contributed by atoms with Crippen LogP contribution in [-0.2, 0) is 6.54 Å². The van der Waals surface area contributed by atoms with Crippen molar-refractivity contribution >= 4 is 17.4 Å². The van der Waals surface area contributed by atoms with Crippen molar-refractivity contribution < 1.29 is 14.6 Å². The molecule has 2 aromatic rings. The van der Waals surface area contributed by atoms with Gasteiger partial charge in [-0.05, 0) is 49.7 Å². The van der Waals surface area contributed by atoms with Crippen molar-refractivity contribution in [3.63, 3.8) is 0 Å². The number of nitrogens with zero attached hydrogens (tertiary/aromatic N) is 1. The minimum atomic E-state index is -0.0417. The number of hydrogen-bond acceptors (Lipinski definition) is 4. The van der Waals surface area contributed by atoms with Gasteiger partial charge in [0.1, 0.15) is 11.5 Å². The predicted octanol–water partition coefficient (Wildman–Crippen LogP) is 4.15. The Bertz CT molecular complexity index is 762. The van der Waals surface area contributed by atoms with Gasteiger partial charge in [-0.1, -0.05) is 23.7 Å². The minimum absolute atomic E-state index is 0.0417. The van der Waals surface area contributed by atoms with E-state index in [4.69, 9.17) is 16.3 Å². The van der Waals surface area contributed by atoms with E-state index in [1.165, 1.54) is 0 Å². The lowest BCUT2D eigenvalue weighted by Crippen LogP contribution is -2.38. The normalized spacial score (nSPS) is 18.1. The SMILES string of the molecule is COc1ccc(O)c(CN2CCCC(C(=O)c3cccc(Cl)c3)C2)c1. The summed E-state index contributed by atoms with van der Waals surface area (Å²) in [4.78, 5) is 15.0. The molecule has 132 valence electrons. The molecule has 1 aliphatic heterocycles. The number of carbonyl (C=O) groups is 1. The summed E-state index contributed by atoms with van der Waals surface area (Å²) in [6, 6.07) is 12.4. The second-order valence-corrected chi connectivity index (χ2v) is 6.88. The lowest BCUT2D eigenvalue weighted by atomic mass is 9.90. The Morgan fingerprint density at radius 1 is 1.32 bits per heavy atom. The lowest BCUT2D eigenvalue weighted by Gasteiger charge is -2.32. The number of ether oxygens (including phenoxy) is 1. The maximum absolute atomic E-state index is 12.8. The molecule has 3 rings (SSSR count). The van der Waals surface area contributed by atoms with Crippen LogP contribution in [0, 0.1) is 5.92 Å². The number of phenols is 1. The monoisotopic (exact) mass is 359 g/mol. The van der Waals surface area contributed by atoms with Gasteiger partial charge < -0.3 is 9.84 Å². The molecule has 0 radical (unpaired) electrons. The number of hydrogen-bond donors (Lipinski definition) is 1. The molecule has 0 bridgehead atoms. The largest absolute Gasteiger partial charge is 0.508 e. The van der Waals surface area contributed by atoms with Gasteiger partial charge >= 0.3 is 0 Å². The van der Waals surface area contributed by atoms with Crippen LogP contribution in [0.4, 0.5) is 0 Å². The number of benzene rings is 2. The van der Waals surface area contributed by atoms with Crippen LogP contribution in [-0.4, -0.2) is 36.0 Å². The molecular formula is C20H22ClNO3. The smallest absolute Gasteiger partial charge is 0.167 e. The van der Waals surface area contributed by atoms with Gasteiger partial charge in [0.25, 0.3) is 0 Å². The average molecular weight is 360 g/mol. The predicted molar refractivity (Wildman–Crippen MR) is 98.4 cm³/mol. The van der Waals surface area contributed by atoms with Crippen molar-refractivity contribution in [3.8, 4) is 11.5 Å². The molecule has 1 aliphatic rings. The summed E-state index contributed by atoms with van der Waals surface area (Å²) in [6.45, 7) is 2.19. The van der Waals surface area contributed by atoms with E-state index in [1.807, 2.05) is 18.2 Å². The number of Topliss-reactive ketones (excluding diaryl/α,β-unsaturated/α-hetero) is 1. The first-order valence-electron chi connectivity index (χ1n) is 8.45. The second-order valence-electron chi connectivity index (χ2n) is 6.44. The van der Waals surface area contributed by atoms with E-state index in [1.54, 1.807) is 31.4 Å². The number of halogens is 1. The molecule has 1 heterocycles. The molecular weight excluding hydrogens is 338 g/mol. The van der Waals surface area contributed by atoms with Crippen LogP contribution >= 0.6 is 11.6 Å². The van der Waals surface area contributed by atoms with Gasteiger partial charge in [0.15, 0.2) is 5.78 Å². The number of aromatic hydroxyl groups is 1. The van der Waals surface area contributed by atoms with E-state index in [0.717, 1.165) is 30.7 Å². The van der Waals surface area contributed by atoms with Crippen LogP contribution in [0.5, 0.6) is 11.5 Å². The van der Waals surface area contributed by atoms with Crippen molar-refractivity contribution in [2.45, 2.75) is 19.4 Å². The minimum Gasteiger partial charge on any atom is -0.508 e. The first-order valence-corrected chi connectivity index (χ1v) is 8.82. The molecule has 1 N–H and O–H groups in total. The van der Waals surface area contributed by atoms with Crippen molar-refractivity contribution in [1.82, 2.24) is 4.90 Å². The highest BCUT2D eigenvalue weighted by Crippen LogP contribution is 2.28. The molecule has 2 aromatic carbocycles. The molecule has 0 amide bonds. The maximum atomic E-state index is 12.8. The first-order chi connectivity index (χ1) is 12.1. The zero-order chi connectivity index (χ0) is 17.8. The van der Waals surface area contributed by atoms with Gasteiger partial charge in [0.05, 0.1) is 7.11 Å². The fraction of sp³-hybridized carbons (Fsp3) is 0.350. The average Bonchev–Trinajstić information content (AvgIpc) is 2.63. The van der Waals surface area contributed by atoms with Crippen molar-refractivity contribution in [2.24, 2.45) is 5.92 Å². The van der Waals surface area contributed by atoms with Crippen LogP contribution < -0.4 is 4.74 Å². The summed E-state index contributed by atoms with van der Waals surface area (Å²) in [7, 11) is 1.61. The van der Waals surface area contributed by atoms with Crippen LogP contribution in [0.2, 0.25) is 5.02 Å². The van der Waals surface area contributed by atoms with Crippen LogP contribution in [0.1, 0.15) is 28.8 Å². The third kappa shape index (κ3) is 4.33. The lowest BCUT2D eigenvalue weighted by molar-refractivity contribution is 0.0811. The highest BCUT2D eigenvalue weighted by Gasteiger charge is 2.27. The molecule has 1 fully saturated rings. The third-order valence-electron chi connectivity index (χ3n) is 4.67. The van der Waals surface area contributed by atoms with Gasteiger partial charge in [0.2, 0.25) is 0 Å². The van der Waals surface area contributed by atoms with Gasteiger partial charge in [-0.15, -0.1) is 0 Å². The Kier molecular flexibility index (Phi) is 5.61. The molecule has 1 atom stereocenters. The van der Waals surface area contributed by atoms with Crippen molar-refractivity contribution in [3.05, 3.63) is 58.6 Å². The zero-order valence-electron chi connectivity index (χ0n) is 14.2. The van der Waals surface area contributed by atoms with E-state index >= 15 is 0 Å². The fourth-order valence-corrected chi connectivity index (χ4v) is 3.54. The molecule has 0 aromatic heterocycles. The van der Waals surface area contributed by atoms with E-state index in [9.17, 15) is 9.90 Å². The maximum Gasteiger partial charge on any atom is 0.167 e. The quantitative estimate of drug-likeness (QED) is 0.815. The Balaban J connectivity index is 1.70. The number of piperidine rings is 1.